The van der Waals surface area contributed by atoms with E-state index in [0.717, 1.165) is 10.0 Å². The zero-order valence-corrected chi connectivity index (χ0v) is 9.63. The van der Waals surface area contributed by atoms with E-state index in [4.69, 9.17) is 16.0 Å². The van der Waals surface area contributed by atoms with Crippen LogP contribution in [-0.4, -0.2) is 9.97 Å². The highest BCUT2D eigenvalue weighted by Crippen LogP contribution is 2.30. The third kappa shape index (κ3) is 1.67. The van der Waals surface area contributed by atoms with E-state index in [1.165, 1.54) is 0 Å². The summed E-state index contributed by atoms with van der Waals surface area (Å²) >= 11 is 9.07. The number of hydrogen-bond donors (Lipinski definition) is 0. The number of nitrogens with zero attached hydrogens (tertiary/aromatic N) is 2. The monoisotopic (exact) mass is 272 g/mol. The van der Waals surface area contributed by atoms with E-state index in [2.05, 4.69) is 25.9 Å². The van der Waals surface area contributed by atoms with E-state index in [1.807, 2.05) is 13.0 Å². The second-order valence-corrected chi connectivity index (χ2v) is 3.96. The van der Waals surface area contributed by atoms with Crippen molar-refractivity contribution in [2.24, 2.45) is 0 Å². The van der Waals surface area contributed by atoms with Gasteiger partial charge in [-0.15, -0.1) is 0 Å². The van der Waals surface area contributed by atoms with Crippen LogP contribution < -0.4 is 0 Å². The van der Waals surface area contributed by atoms with Crippen molar-refractivity contribution in [3.63, 3.8) is 0 Å². The van der Waals surface area contributed by atoms with Crippen LogP contribution in [0.1, 0.15) is 5.56 Å². The summed E-state index contributed by atoms with van der Waals surface area (Å²) in [6, 6.07) is 1.81. The molecule has 2 aromatic heterocycles. The number of aryl methyl sites for hydroxylation is 1. The van der Waals surface area contributed by atoms with Crippen molar-refractivity contribution < 1.29 is 4.42 Å². The molecule has 2 aromatic rings. The molecule has 0 saturated carbocycles. The largest absolute Gasteiger partial charge is 0.461 e. The zero-order chi connectivity index (χ0) is 10.1. The van der Waals surface area contributed by atoms with Crippen molar-refractivity contribution in [3.8, 4) is 11.5 Å². The number of furan rings is 1. The van der Waals surface area contributed by atoms with Gasteiger partial charge in [-0.05, 0) is 46.1 Å². The molecule has 0 aromatic carbocycles. The summed E-state index contributed by atoms with van der Waals surface area (Å²) in [6.07, 6.45) is 3.26. The normalized spacial score (nSPS) is 10.5. The molecule has 0 atom stereocenters. The molecule has 0 aliphatic rings. The van der Waals surface area contributed by atoms with Gasteiger partial charge in [0.2, 0.25) is 5.28 Å². The maximum Gasteiger partial charge on any atom is 0.223 e. The van der Waals surface area contributed by atoms with Crippen LogP contribution in [0.2, 0.25) is 5.28 Å². The van der Waals surface area contributed by atoms with Gasteiger partial charge in [-0.3, -0.25) is 0 Å². The van der Waals surface area contributed by atoms with Gasteiger partial charge in [-0.2, -0.15) is 0 Å². The topological polar surface area (TPSA) is 38.9 Å². The highest BCUT2D eigenvalue weighted by Gasteiger charge is 2.12. The molecule has 0 saturated heterocycles. The molecule has 3 nitrogen and oxygen atoms in total. The van der Waals surface area contributed by atoms with Crippen molar-refractivity contribution in [3.05, 3.63) is 33.8 Å². The molecule has 5 heteroatoms. The van der Waals surface area contributed by atoms with Gasteiger partial charge in [-0.1, -0.05) is 0 Å². The number of rotatable bonds is 1. The van der Waals surface area contributed by atoms with Crippen LogP contribution in [0.25, 0.3) is 11.5 Å². The lowest BCUT2D eigenvalue weighted by atomic mass is 10.2. The molecular formula is C9H6BrClN2O. The summed E-state index contributed by atoms with van der Waals surface area (Å²) in [6.45, 7) is 1.90. The van der Waals surface area contributed by atoms with E-state index in [9.17, 15) is 0 Å². The highest BCUT2D eigenvalue weighted by molar-refractivity contribution is 9.10. The minimum atomic E-state index is 0.217. The number of halogens is 2. The van der Waals surface area contributed by atoms with Crippen LogP contribution in [0.15, 0.2) is 27.4 Å². The van der Waals surface area contributed by atoms with E-state index >= 15 is 0 Å². The van der Waals surface area contributed by atoms with Crippen molar-refractivity contribution >= 4 is 27.5 Å². The molecular weight excluding hydrogens is 267 g/mol. The predicted octanol–water partition coefficient (Wildman–Crippen LogP) is 3.46. The molecule has 0 spiro atoms. The summed E-state index contributed by atoms with van der Waals surface area (Å²) in [5, 5.41) is 0.217. The Labute approximate surface area is 94.3 Å². The van der Waals surface area contributed by atoms with E-state index in [-0.39, 0.29) is 5.28 Å². The summed E-state index contributed by atoms with van der Waals surface area (Å²) in [7, 11) is 0. The van der Waals surface area contributed by atoms with E-state index in [0.29, 0.717) is 11.5 Å². The Hall–Kier alpha value is -0.870. The van der Waals surface area contributed by atoms with Crippen LogP contribution in [0.3, 0.4) is 0 Å². The van der Waals surface area contributed by atoms with Gasteiger partial charge in [0.25, 0.3) is 0 Å². The smallest absolute Gasteiger partial charge is 0.223 e. The lowest BCUT2D eigenvalue weighted by Gasteiger charge is -2.01. The summed E-state index contributed by atoms with van der Waals surface area (Å²) in [4.78, 5) is 7.98. The molecule has 0 N–H and O–H groups in total. The Kier molecular flexibility index (Phi) is 2.56. The van der Waals surface area contributed by atoms with E-state index in [1.54, 1.807) is 12.5 Å². The second-order valence-electron chi connectivity index (χ2n) is 2.77. The minimum absolute atomic E-state index is 0.217. The van der Waals surface area contributed by atoms with Gasteiger partial charge < -0.3 is 4.42 Å². The van der Waals surface area contributed by atoms with Crippen molar-refractivity contribution in [1.82, 2.24) is 9.97 Å². The Balaban J connectivity index is 2.62. The first kappa shape index (κ1) is 9.68. The molecule has 0 aliphatic carbocycles. The maximum atomic E-state index is 5.71. The molecule has 2 heterocycles. The highest BCUT2D eigenvalue weighted by atomic mass is 79.9. The molecule has 2 rings (SSSR count). The molecule has 0 bridgehead atoms. The van der Waals surface area contributed by atoms with Gasteiger partial charge in [-0.25, -0.2) is 9.97 Å². The first-order chi connectivity index (χ1) is 6.68. The Morgan fingerprint density at radius 3 is 2.93 bits per heavy atom. The fraction of sp³-hybridized carbons (Fsp3) is 0.111. The molecule has 0 aliphatic heterocycles. The first-order valence-corrected chi connectivity index (χ1v) is 5.08. The lowest BCUT2D eigenvalue weighted by Crippen LogP contribution is -1.90. The van der Waals surface area contributed by atoms with Crippen molar-refractivity contribution in [1.29, 1.82) is 0 Å². The fourth-order valence-electron chi connectivity index (χ4n) is 1.11. The lowest BCUT2D eigenvalue weighted by molar-refractivity contribution is 0.578. The molecule has 14 heavy (non-hydrogen) atoms. The SMILES string of the molecule is Cc1cnc(Cl)nc1-c1occc1Br. The van der Waals surface area contributed by atoms with Crippen molar-refractivity contribution in [2.75, 3.05) is 0 Å². The number of aromatic nitrogens is 2. The average Bonchev–Trinajstić information content (AvgIpc) is 2.56. The first-order valence-electron chi connectivity index (χ1n) is 3.91. The van der Waals surface area contributed by atoms with Crippen LogP contribution in [0.5, 0.6) is 0 Å². The van der Waals surface area contributed by atoms with Crippen molar-refractivity contribution in [2.45, 2.75) is 6.92 Å². The molecule has 72 valence electrons. The summed E-state index contributed by atoms with van der Waals surface area (Å²) in [5.41, 5.74) is 1.63. The third-order valence-electron chi connectivity index (χ3n) is 1.77. The fourth-order valence-corrected chi connectivity index (χ4v) is 1.64. The predicted molar refractivity (Wildman–Crippen MR) is 57.2 cm³/mol. The summed E-state index contributed by atoms with van der Waals surface area (Å²) in [5.74, 6) is 0.673. The minimum Gasteiger partial charge on any atom is -0.461 e. The standard InChI is InChI=1S/C9H6BrClN2O/c1-5-4-12-9(11)13-7(5)8-6(10)2-3-14-8/h2-4H,1H3. The van der Waals surface area contributed by atoms with Gasteiger partial charge in [0.1, 0.15) is 5.69 Å². The quantitative estimate of drug-likeness (QED) is 0.747. The summed E-state index contributed by atoms with van der Waals surface area (Å²) < 4.78 is 6.15. The number of hydrogen-bond acceptors (Lipinski definition) is 3. The molecule has 0 unspecified atom stereocenters. The zero-order valence-electron chi connectivity index (χ0n) is 7.29. The van der Waals surface area contributed by atoms with Crippen LogP contribution in [0.4, 0.5) is 0 Å². The molecule has 0 fully saturated rings. The van der Waals surface area contributed by atoms with Crippen LogP contribution in [-0.2, 0) is 0 Å². The van der Waals surface area contributed by atoms with E-state index < -0.39 is 0 Å². The second kappa shape index (κ2) is 3.71. The van der Waals surface area contributed by atoms with Gasteiger partial charge >= 0.3 is 0 Å². The molecule has 0 radical (unpaired) electrons. The van der Waals surface area contributed by atoms with Crippen LogP contribution >= 0.6 is 27.5 Å². The Morgan fingerprint density at radius 1 is 1.50 bits per heavy atom. The average molecular weight is 274 g/mol. The molecule has 0 amide bonds. The van der Waals surface area contributed by atoms with Gasteiger partial charge in [0, 0.05) is 6.20 Å². The van der Waals surface area contributed by atoms with Gasteiger partial charge in [0.05, 0.1) is 10.7 Å². The Bertz CT molecular complexity index is 470. The Morgan fingerprint density at radius 2 is 2.29 bits per heavy atom. The third-order valence-corrected chi connectivity index (χ3v) is 2.58. The van der Waals surface area contributed by atoms with Gasteiger partial charge in [0.15, 0.2) is 5.76 Å². The maximum absolute atomic E-state index is 5.71. The van der Waals surface area contributed by atoms with Crippen LogP contribution in [0, 0.1) is 6.92 Å².